The molecule has 0 aromatic heterocycles. The second kappa shape index (κ2) is 6.02. The molecule has 0 saturated carbocycles. The molecular weight excluding hydrogens is 317 g/mol. The Hall–Kier alpha value is -1.01. The van der Waals surface area contributed by atoms with E-state index in [1.165, 1.54) is 5.47 Å². The highest BCUT2D eigenvalue weighted by atomic mass is 16.7. The number of nitrogens with zero attached hydrogens (tertiary/aromatic N) is 1. The van der Waals surface area contributed by atoms with Crippen molar-refractivity contribution >= 4 is 13.2 Å². The molecule has 2 fully saturated rings. The Morgan fingerprint density at radius 3 is 2.32 bits per heavy atom. The number of ether oxygens (including phenoxy) is 1. The zero-order valence-corrected chi connectivity index (χ0v) is 16.7. The van der Waals surface area contributed by atoms with E-state index in [1.807, 2.05) is 25.7 Å². The first-order valence-corrected chi connectivity index (χ1v) is 9.40. The number of likely N-dealkylation sites (tertiary alicyclic amines) is 1. The monoisotopic (exact) mass is 349 g/mol. The van der Waals surface area contributed by atoms with Gasteiger partial charge in [-0.25, -0.2) is 4.79 Å². The number of amides is 1. The van der Waals surface area contributed by atoms with Gasteiger partial charge in [0.1, 0.15) is 5.60 Å². The first-order valence-electron chi connectivity index (χ1n) is 9.40. The Morgan fingerprint density at radius 2 is 1.80 bits per heavy atom. The highest BCUT2D eigenvalue weighted by molar-refractivity contribution is 6.54. The lowest BCUT2D eigenvalue weighted by atomic mass is 9.66. The lowest BCUT2D eigenvalue weighted by molar-refractivity contribution is 0.00578. The number of hydrogen-bond donors (Lipinski definition) is 0. The Morgan fingerprint density at radius 1 is 1.20 bits per heavy atom. The molecule has 0 aromatic rings. The largest absolute Gasteiger partial charge is 0.490 e. The minimum Gasteiger partial charge on any atom is -0.444 e. The van der Waals surface area contributed by atoms with Crippen LogP contribution in [0.15, 0.2) is 11.5 Å². The van der Waals surface area contributed by atoms with Gasteiger partial charge in [0.2, 0.25) is 0 Å². The summed E-state index contributed by atoms with van der Waals surface area (Å²) < 4.78 is 18.0. The Kier molecular flexibility index (Phi) is 4.52. The summed E-state index contributed by atoms with van der Waals surface area (Å²) in [4.78, 5) is 14.2. The van der Waals surface area contributed by atoms with Crippen LogP contribution in [0.2, 0.25) is 0 Å². The fourth-order valence-electron chi connectivity index (χ4n) is 3.86. The van der Waals surface area contributed by atoms with Crippen molar-refractivity contribution in [1.82, 2.24) is 4.90 Å². The molecule has 0 unspecified atom stereocenters. The summed E-state index contributed by atoms with van der Waals surface area (Å²) in [5, 5.41) is 0. The molecule has 2 bridgehead atoms. The predicted octanol–water partition coefficient (Wildman–Crippen LogP) is 3.82. The average molecular weight is 349 g/mol. The summed E-state index contributed by atoms with van der Waals surface area (Å²) in [7, 11) is -0.261. The number of fused-ring (bicyclic) bond motifs is 2. The van der Waals surface area contributed by atoms with Gasteiger partial charge in [-0.15, -0.1) is 0 Å². The number of carbonyl (C=O) groups is 1. The van der Waals surface area contributed by atoms with Crippen molar-refractivity contribution in [2.45, 2.75) is 78.1 Å². The van der Waals surface area contributed by atoms with Crippen LogP contribution in [0.1, 0.15) is 61.3 Å². The Balaban J connectivity index is 1.68. The second-order valence-electron chi connectivity index (χ2n) is 9.78. The van der Waals surface area contributed by atoms with E-state index in [4.69, 9.17) is 14.0 Å². The highest BCUT2D eigenvalue weighted by Gasteiger charge is 2.53. The van der Waals surface area contributed by atoms with Gasteiger partial charge in [0.05, 0.1) is 11.2 Å². The van der Waals surface area contributed by atoms with E-state index in [2.05, 4.69) is 33.8 Å². The number of hydrogen-bond acceptors (Lipinski definition) is 4. The number of carbonyl (C=O) groups excluding carboxylic acids is 1. The molecule has 1 aliphatic carbocycles. The molecule has 3 rings (SSSR count). The van der Waals surface area contributed by atoms with Crippen LogP contribution in [0.25, 0.3) is 0 Å². The van der Waals surface area contributed by atoms with Crippen molar-refractivity contribution in [3.05, 3.63) is 11.5 Å². The zero-order valence-electron chi connectivity index (χ0n) is 16.7. The number of piperidine rings is 1. The van der Waals surface area contributed by atoms with Crippen LogP contribution in [0.5, 0.6) is 0 Å². The molecule has 2 aliphatic heterocycles. The lowest BCUT2D eigenvalue weighted by Gasteiger charge is -2.41. The molecular formula is C19H32BNO4. The van der Waals surface area contributed by atoms with Crippen LogP contribution >= 0.6 is 0 Å². The van der Waals surface area contributed by atoms with Crippen LogP contribution in [-0.2, 0) is 14.0 Å². The highest BCUT2D eigenvalue weighted by Crippen LogP contribution is 2.42. The predicted molar refractivity (Wildman–Crippen MR) is 98.2 cm³/mol. The van der Waals surface area contributed by atoms with E-state index < -0.39 is 5.60 Å². The van der Waals surface area contributed by atoms with Gasteiger partial charge >= 0.3 is 13.2 Å². The molecule has 140 valence electrons. The maximum Gasteiger partial charge on any atom is 0.490 e. The summed E-state index contributed by atoms with van der Waals surface area (Å²) in [5.74, 6) is 0.805. The molecule has 0 radical (unpaired) electrons. The first-order chi connectivity index (χ1) is 11.4. The quantitative estimate of drug-likeness (QED) is 0.675. The molecule has 2 atom stereocenters. The molecule has 0 N–H and O–H groups in total. The minimum atomic E-state index is -0.451. The van der Waals surface area contributed by atoms with E-state index >= 15 is 0 Å². The smallest absolute Gasteiger partial charge is 0.444 e. The third-order valence-electron chi connectivity index (χ3n) is 5.75. The van der Waals surface area contributed by atoms with Crippen LogP contribution in [0.3, 0.4) is 0 Å². The van der Waals surface area contributed by atoms with E-state index in [1.54, 1.807) is 0 Å². The van der Waals surface area contributed by atoms with Crippen LogP contribution in [0.4, 0.5) is 4.79 Å². The van der Waals surface area contributed by atoms with Gasteiger partial charge in [-0.05, 0) is 78.6 Å². The van der Waals surface area contributed by atoms with Crippen molar-refractivity contribution in [2.24, 2.45) is 11.8 Å². The molecule has 6 heteroatoms. The Bertz CT molecular complexity index is 562. The minimum absolute atomic E-state index is 0.199. The van der Waals surface area contributed by atoms with Crippen LogP contribution < -0.4 is 0 Å². The maximum absolute atomic E-state index is 12.4. The number of allylic oxidation sites excluding steroid dienone is 1. The van der Waals surface area contributed by atoms with Crippen molar-refractivity contribution < 1.29 is 18.8 Å². The van der Waals surface area contributed by atoms with Gasteiger partial charge in [-0.2, -0.15) is 0 Å². The van der Waals surface area contributed by atoms with Gasteiger partial charge in [0.25, 0.3) is 0 Å². The molecule has 5 nitrogen and oxygen atoms in total. The molecule has 2 saturated heterocycles. The van der Waals surface area contributed by atoms with Gasteiger partial charge in [-0.3, -0.25) is 0 Å². The average Bonchev–Trinajstić information content (AvgIpc) is 2.64. The molecule has 1 amide bonds. The summed E-state index contributed by atoms with van der Waals surface area (Å²) in [6, 6.07) is 0. The van der Waals surface area contributed by atoms with Gasteiger partial charge in [0, 0.05) is 13.1 Å². The second-order valence-corrected chi connectivity index (χ2v) is 9.78. The van der Waals surface area contributed by atoms with Gasteiger partial charge in [0.15, 0.2) is 0 Å². The molecule has 0 spiro atoms. The fraction of sp³-hybridized carbons (Fsp3) is 0.842. The molecule has 25 heavy (non-hydrogen) atoms. The maximum atomic E-state index is 12.4. The molecule has 3 aliphatic rings. The van der Waals surface area contributed by atoms with Gasteiger partial charge < -0.3 is 18.9 Å². The van der Waals surface area contributed by atoms with E-state index in [0.717, 1.165) is 19.4 Å². The van der Waals surface area contributed by atoms with E-state index in [-0.39, 0.29) is 24.4 Å². The van der Waals surface area contributed by atoms with Crippen molar-refractivity contribution in [1.29, 1.82) is 0 Å². The summed E-state index contributed by atoms with van der Waals surface area (Å²) in [6.45, 7) is 15.5. The Labute approximate surface area is 152 Å². The van der Waals surface area contributed by atoms with Crippen molar-refractivity contribution in [3.8, 4) is 0 Å². The molecule has 0 aromatic carbocycles. The topological polar surface area (TPSA) is 48.0 Å². The SMILES string of the molecule is CC(C)(C)OC(=O)N1C[C@H]2C=C(B3OC(C)(C)C(C)(C)O3)C[C@@H](C2)C1. The fourth-order valence-corrected chi connectivity index (χ4v) is 3.86. The third-order valence-corrected chi connectivity index (χ3v) is 5.75. The van der Waals surface area contributed by atoms with E-state index in [0.29, 0.717) is 18.4 Å². The third kappa shape index (κ3) is 3.90. The normalized spacial score (nSPS) is 30.9. The van der Waals surface area contributed by atoms with Crippen LogP contribution in [-0.4, -0.2) is 48.0 Å². The van der Waals surface area contributed by atoms with Crippen LogP contribution in [0, 0.1) is 11.8 Å². The van der Waals surface area contributed by atoms with Crippen molar-refractivity contribution in [3.63, 3.8) is 0 Å². The van der Waals surface area contributed by atoms with Crippen molar-refractivity contribution in [2.75, 3.05) is 13.1 Å². The summed E-state index contributed by atoms with van der Waals surface area (Å²) in [5.41, 5.74) is 0.165. The lowest BCUT2D eigenvalue weighted by Crippen LogP contribution is -2.47. The summed E-state index contributed by atoms with van der Waals surface area (Å²) in [6.07, 6.45) is 4.12. The van der Waals surface area contributed by atoms with E-state index in [9.17, 15) is 4.79 Å². The number of rotatable bonds is 1. The standard InChI is InChI=1S/C19H32BNO4/c1-17(2,3)23-16(22)21-11-13-8-14(12-21)10-15(9-13)20-24-18(4,5)19(6,7)25-20/h9,13-14H,8,10-12H2,1-7H3/t13-,14-/m1/s1. The van der Waals surface area contributed by atoms with Gasteiger partial charge in [-0.1, -0.05) is 6.08 Å². The first kappa shape index (κ1) is 18.8. The molecule has 2 heterocycles. The zero-order chi connectivity index (χ0) is 18.6. The summed E-state index contributed by atoms with van der Waals surface area (Å²) >= 11 is 0.